The Balaban J connectivity index is 1.63. The first kappa shape index (κ1) is 22.9. The number of fused-ring (bicyclic) bond motifs is 1. The minimum atomic E-state index is -0.477. The number of nitrogens with one attached hydrogen (secondary N) is 2. The number of aliphatic imine (C=N–C) groups is 1. The summed E-state index contributed by atoms with van der Waals surface area (Å²) in [5.74, 6) is -0.0757. The van der Waals surface area contributed by atoms with Crippen LogP contribution in [0.15, 0.2) is 78.0 Å². The third-order valence-electron chi connectivity index (χ3n) is 5.26. The van der Waals surface area contributed by atoms with E-state index < -0.39 is 14.9 Å². The molecule has 0 aliphatic carbocycles. The topological polar surface area (TPSA) is 129 Å². The smallest absolute Gasteiger partial charge is 0.271 e. The largest absolute Gasteiger partial charge is 0.277 e. The lowest BCUT2D eigenvalue weighted by Gasteiger charge is -2.33. The van der Waals surface area contributed by atoms with Crippen LogP contribution in [0.25, 0.3) is 11.3 Å². The third kappa shape index (κ3) is 4.47. The summed E-state index contributed by atoms with van der Waals surface area (Å²) < 4.78 is -0.455. The number of H-pyrrole nitrogens is 1. The minimum absolute atomic E-state index is 0.0929. The van der Waals surface area contributed by atoms with Crippen LogP contribution in [0.4, 0.5) is 11.4 Å². The van der Waals surface area contributed by atoms with Crippen molar-refractivity contribution in [3.05, 3.63) is 105 Å². The molecule has 1 aliphatic rings. The molecule has 2 aromatic heterocycles. The molecular formula is C23H15ClIN7O3. The van der Waals surface area contributed by atoms with Crippen molar-refractivity contribution in [1.82, 2.24) is 25.6 Å². The van der Waals surface area contributed by atoms with Gasteiger partial charge in [0, 0.05) is 40.7 Å². The molecule has 0 saturated heterocycles. The van der Waals surface area contributed by atoms with Gasteiger partial charge in [0.1, 0.15) is 15.4 Å². The van der Waals surface area contributed by atoms with Crippen LogP contribution in [0, 0.1) is 10.1 Å². The molecule has 174 valence electrons. The molecule has 0 bridgehead atoms. The second kappa shape index (κ2) is 9.43. The monoisotopic (exact) mass is 599 g/mol. The van der Waals surface area contributed by atoms with Gasteiger partial charge < -0.3 is 0 Å². The summed E-state index contributed by atoms with van der Waals surface area (Å²) >= 11 is 8.19. The van der Waals surface area contributed by atoms with Gasteiger partial charge in [-0.2, -0.15) is 5.10 Å². The molecule has 2 aromatic carbocycles. The van der Waals surface area contributed by atoms with Gasteiger partial charge in [-0.05, 0) is 46.9 Å². The zero-order valence-electron chi connectivity index (χ0n) is 17.7. The number of halogens is 2. The summed E-state index contributed by atoms with van der Waals surface area (Å²) in [7, 11) is 0. The Bertz CT molecular complexity index is 1460. The van der Waals surface area contributed by atoms with E-state index in [1.54, 1.807) is 47.6 Å². The van der Waals surface area contributed by atoms with Crippen LogP contribution in [-0.2, 0) is 0 Å². The first-order valence-electron chi connectivity index (χ1n) is 10.2. The highest BCUT2D eigenvalue weighted by molar-refractivity contribution is 14.1. The second-order valence-corrected chi connectivity index (χ2v) is 9.09. The number of benzene rings is 2. The van der Waals surface area contributed by atoms with Crippen LogP contribution in [0.5, 0.6) is 0 Å². The molecule has 0 spiro atoms. The minimum Gasteiger partial charge on any atom is -0.277 e. The van der Waals surface area contributed by atoms with Gasteiger partial charge in [0.2, 0.25) is 0 Å². The van der Waals surface area contributed by atoms with Crippen LogP contribution in [-0.4, -0.2) is 36.9 Å². The summed E-state index contributed by atoms with van der Waals surface area (Å²) in [4.78, 5) is 32.7. The summed E-state index contributed by atoms with van der Waals surface area (Å²) in [6.45, 7) is 0. The maximum atomic E-state index is 13.0. The van der Waals surface area contributed by atoms with Crippen molar-refractivity contribution >= 4 is 57.3 Å². The van der Waals surface area contributed by atoms with E-state index in [9.17, 15) is 14.9 Å². The number of nitro benzene ring substituents is 1. The van der Waals surface area contributed by atoms with Gasteiger partial charge in [-0.15, -0.1) is 0 Å². The fourth-order valence-corrected chi connectivity index (χ4v) is 4.54. The summed E-state index contributed by atoms with van der Waals surface area (Å²) in [5, 5.41) is 21.0. The fourth-order valence-electron chi connectivity index (χ4n) is 3.58. The number of aromatic amines is 1. The van der Waals surface area contributed by atoms with E-state index in [0.29, 0.717) is 39.1 Å². The van der Waals surface area contributed by atoms with Crippen LogP contribution in [0.1, 0.15) is 25.7 Å². The predicted molar refractivity (Wildman–Crippen MR) is 139 cm³/mol. The zero-order valence-corrected chi connectivity index (χ0v) is 20.6. The van der Waals surface area contributed by atoms with E-state index in [1.807, 2.05) is 12.1 Å². The number of nitro groups is 1. The number of hydrogen-bond donors (Lipinski definition) is 2. The lowest BCUT2D eigenvalue weighted by Crippen LogP contribution is -2.48. The Labute approximate surface area is 217 Å². The molecule has 1 unspecified atom stereocenters. The lowest BCUT2D eigenvalue weighted by molar-refractivity contribution is -0.384. The molecule has 3 heterocycles. The van der Waals surface area contributed by atoms with E-state index in [4.69, 9.17) is 16.6 Å². The van der Waals surface area contributed by atoms with Crippen molar-refractivity contribution in [3.63, 3.8) is 0 Å². The number of amides is 1. The maximum Gasteiger partial charge on any atom is 0.271 e. The standard InChI is InChI=1S/C23H15ClIN7O3/c24-16-8-6-13(7-9-16)18-19-20(29-28-18)21(25)31(30-23(33)15-4-2-10-26-12-15)22(27-19)14-3-1-5-17(11-14)32(34)35/h1-12,21H,(H,28,29)(H,30,33). The Morgan fingerprint density at radius 2 is 1.94 bits per heavy atom. The van der Waals surface area contributed by atoms with Gasteiger partial charge in [-0.3, -0.25) is 30.4 Å². The highest BCUT2D eigenvalue weighted by Gasteiger charge is 2.34. The average molecular weight is 600 g/mol. The average Bonchev–Trinajstić information content (AvgIpc) is 3.31. The SMILES string of the molecule is O=C(NN1C(c2cccc([N+](=O)[O-])c2)=Nc2c(-c3ccc(Cl)cc3)n[nH]c2C1I)c1cccnc1. The van der Waals surface area contributed by atoms with Crippen molar-refractivity contribution in [2.75, 3.05) is 0 Å². The predicted octanol–water partition coefficient (Wildman–Crippen LogP) is 5.21. The summed E-state index contributed by atoms with van der Waals surface area (Å²) in [5.41, 5.74) is 6.21. The van der Waals surface area contributed by atoms with E-state index in [0.717, 1.165) is 5.56 Å². The van der Waals surface area contributed by atoms with Crippen LogP contribution < -0.4 is 5.43 Å². The molecule has 2 N–H and O–H groups in total. The number of hydrogen-bond acceptors (Lipinski definition) is 7. The van der Waals surface area contributed by atoms with E-state index >= 15 is 0 Å². The normalized spacial score (nSPS) is 14.7. The van der Waals surface area contributed by atoms with Crippen LogP contribution >= 0.6 is 34.2 Å². The second-order valence-electron chi connectivity index (χ2n) is 7.47. The van der Waals surface area contributed by atoms with Gasteiger partial charge in [0.25, 0.3) is 11.6 Å². The summed E-state index contributed by atoms with van der Waals surface area (Å²) in [6.07, 6.45) is 3.02. The zero-order chi connectivity index (χ0) is 24.5. The molecule has 5 rings (SSSR count). The first-order valence-corrected chi connectivity index (χ1v) is 11.9. The highest BCUT2D eigenvalue weighted by atomic mass is 127. The van der Waals surface area contributed by atoms with Crippen molar-refractivity contribution in [2.24, 2.45) is 4.99 Å². The fraction of sp³-hybridized carbons (Fsp3) is 0.0435. The molecule has 1 amide bonds. The third-order valence-corrected chi connectivity index (χ3v) is 6.69. The molecule has 0 saturated carbocycles. The number of rotatable bonds is 5. The molecule has 12 heteroatoms. The molecule has 35 heavy (non-hydrogen) atoms. The Morgan fingerprint density at radius 1 is 1.14 bits per heavy atom. The van der Waals surface area contributed by atoms with E-state index in [1.165, 1.54) is 18.3 Å². The van der Waals surface area contributed by atoms with Crippen molar-refractivity contribution in [1.29, 1.82) is 0 Å². The van der Waals surface area contributed by atoms with E-state index in [2.05, 4.69) is 43.2 Å². The van der Waals surface area contributed by atoms with Gasteiger partial charge in [0.05, 0.1) is 16.2 Å². The van der Waals surface area contributed by atoms with E-state index in [-0.39, 0.29) is 5.69 Å². The van der Waals surface area contributed by atoms with Crippen molar-refractivity contribution < 1.29 is 9.72 Å². The molecule has 0 radical (unpaired) electrons. The van der Waals surface area contributed by atoms with Crippen LogP contribution in [0.3, 0.4) is 0 Å². The van der Waals surface area contributed by atoms with Crippen molar-refractivity contribution in [3.8, 4) is 11.3 Å². The Hall–Kier alpha value is -3.84. The van der Waals surface area contributed by atoms with Gasteiger partial charge in [-0.1, -0.05) is 35.9 Å². The molecular weight excluding hydrogens is 585 g/mol. The number of alkyl halides is 1. The maximum absolute atomic E-state index is 13.0. The molecule has 0 fully saturated rings. The summed E-state index contributed by atoms with van der Waals surface area (Å²) in [6, 6.07) is 16.6. The van der Waals surface area contributed by atoms with Crippen LogP contribution in [0.2, 0.25) is 5.02 Å². The molecule has 4 aromatic rings. The number of carbonyl (C=O) groups is 1. The quantitative estimate of drug-likeness (QED) is 0.107. The Kier molecular flexibility index (Phi) is 6.17. The lowest BCUT2D eigenvalue weighted by atomic mass is 10.1. The number of carbonyl (C=O) groups excluding carboxylic acids is 1. The first-order chi connectivity index (χ1) is 16.9. The number of hydrazine groups is 1. The molecule has 10 nitrogen and oxygen atoms in total. The van der Waals surface area contributed by atoms with Gasteiger partial charge in [0.15, 0.2) is 5.84 Å². The number of amidine groups is 1. The number of pyridine rings is 1. The van der Waals surface area contributed by atoms with Crippen molar-refractivity contribution in [2.45, 2.75) is 4.05 Å². The van der Waals surface area contributed by atoms with Gasteiger partial charge in [-0.25, -0.2) is 10.0 Å². The highest BCUT2D eigenvalue weighted by Crippen LogP contribution is 2.43. The Morgan fingerprint density at radius 3 is 2.66 bits per heavy atom. The number of non-ortho nitro benzene ring substituents is 1. The number of nitrogens with zero attached hydrogens (tertiary/aromatic N) is 5. The molecule has 1 atom stereocenters. The molecule has 1 aliphatic heterocycles. The number of aromatic nitrogens is 3. The van der Waals surface area contributed by atoms with Gasteiger partial charge >= 0.3 is 0 Å².